The van der Waals surface area contributed by atoms with E-state index in [4.69, 9.17) is 4.74 Å². The lowest BCUT2D eigenvalue weighted by atomic mass is 10.1. The van der Waals surface area contributed by atoms with Crippen LogP contribution in [0.25, 0.3) is 0 Å². The molecule has 23 heavy (non-hydrogen) atoms. The zero-order valence-corrected chi connectivity index (χ0v) is 13.3. The van der Waals surface area contributed by atoms with Crippen molar-refractivity contribution in [2.45, 2.75) is 19.8 Å². The third-order valence-corrected chi connectivity index (χ3v) is 3.27. The van der Waals surface area contributed by atoms with Gasteiger partial charge in [0.05, 0.1) is 18.4 Å². The van der Waals surface area contributed by atoms with Crippen LogP contribution >= 0.6 is 0 Å². The Morgan fingerprint density at radius 3 is 2.35 bits per heavy atom. The first-order valence-electron chi connectivity index (χ1n) is 7.48. The van der Waals surface area contributed by atoms with Crippen LogP contribution < -0.4 is 15.4 Å². The number of hydrogen-bond donors (Lipinski definition) is 2. The van der Waals surface area contributed by atoms with Crippen LogP contribution in [0.3, 0.4) is 0 Å². The molecule has 0 saturated heterocycles. The van der Waals surface area contributed by atoms with E-state index in [0.29, 0.717) is 23.4 Å². The molecule has 2 rings (SSSR count). The van der Waals surface area contributed by atoms with Crippen LogP contribution in [-0.2, 0) is 4.79 Å². The molecule has 0 heterocycles. The predicted molar refractivity (Wildman–Crippen MR) is 90.9 cm³/mol. The lowest BCUT2D eigenvalue weighted by Crippen LogP contribution is -2.17. The lowest BCUT2D eigenvalue weighted by molar-refractivity contribution is -0.116. The minimum atomic E-state index is -0.275. The minimum Gasteiger partial charge on any atom is -0.497 e. The van der Waals surface area contributed by atoms with E-state index in [2.05, 4.69) is 10.6 Å². The number of ether oxygens (including phenoxy) is 1. The summed E-state index contributed by atoms with van der Waals surface area (Å²) in [6.45, 7) is 1.93. The summed E-state index contributed by atoms with van der Waals surface area (Å²) in [4.78, 5) is 24.2. The van der Waals surface area contributed by atoms with Crippen molar-refractivity contribution < 1.29 is 14.3 Å². The van der Waals surface area contributed by atoms with Gasteiger partial charge in [0.25, 0.3) is 5.91 Å². The normalized spacial score (nSPS) is 10.0. The molecule has 0 spiro atoms. The van der Waals surface area contributed by atoms with E-state index in [1.54, 1.807) is 55.6 Å². The highest BCUT2D eigenvalue weighted by molar-refractivity contribution is 6.10. The maximum atomic E-state index is 12.4. The summed E-state index contributed by atoms with van der Waals surface area (Å²) in [6.07, 6.45) is 1.18. The number of carbonyl (C=O) groups is 2. The van der Waals surface area contributed by atoms with Gasteiger partial charge in [-0.25, -0.2) is 0 Å². The molecule has 2 amide bonds. The fourth-order valence-electron chi connectivity index (χ4n) is 2.10. The summed E-state index contributed by atoms with van der Waals surface area (Å²) in [5, 5.41) is 5.59. The number of rotatable bonds is 6. The summed E-state index contributed by atoms with van der Waals surface area (Å²) in [5.41, 5.74) is 1.59. The summed E-state index contributed by atoms with van der Waals surface area (Å²) in [6, 6.07) is 14.0. The molecule has 0 aromatic heterocycles. The molecule has 5 heteroatoms. The van der Waals surface area contributed by atoms with Gasteiger partial charge in [-0.05, 0) is 42.8 Å². The Kier molecular flexibility index (Phi) is 5.74. The maximum Gasteiger partial charge on any atom is 0.257 e. The highest BCUT2D eigenvalue weighted by Gasteiger charge is 2.13. The number of amides is 2. The van der Waals surface area contributed by atoms with Gasteiger partial charge in [0.1, 0.15) is 5.75 Å². The smallest absolute Gasteiger partial charge is 0.257 e. The van der Waals surface area contributed by atoms with Crippen LogP contribution in [0.4, 0.5) is 11.4 Å². The van der Waals surface area contributed by atoms with Gasteiger partial charge in [0, 0.05) is 12.1 Å². The van der Waals surface area contributed by atoms with Gasteiger partial charge >= 0.3 is 0 Å². The Morgan fingerprint density at radius 1 is 1.00 bits per heavy atom. The molecule has 0 unspecified atom stereocenters. The topological polar surface area (TPSA) is 67.4 Å². The minimum absolute atomic E-state index is 0.0998. The summed E-state index contributed by atoms with van der Waals surface area (Å²) >= 11 is 0. The van der Waals surface area contributed by atoms with Gasteiger partial charge in [-0.1, -0.05) is 19.1 Å². The van der Waals surface area contributed by atoms with Crippen molar-refractivity contribution in [3.8, 4) is 5.75 Å². The number of hydrogen-bond acceptors (Lipinski definition) is 3. The van der Waals surface area contributed by atoms with E-state index >= 15 is 0 Å². The first-order valence-corrected chi connectivity index (χ1v) is 7.48. The van der Waals surface area contributed by atoms with Crippen molar-refractivity contribution in [2.24, 2.45) is 0 Å². The predicted octanol–water partition coefficient (Wildman–Crippen LogP) is 3.69. The second-order valence-electron chi connectivity index (χ2n) is 5.03. The molecule has 0 fully saturated rings. The molecule has 0 atom stereocenters. The highest BCUT2D eigenvalue weighted by Crippen LogP contribution is 2.19. The van der Waals surface area contributed by atoms with E-state index in [1.807, 2.05) is 6.92 Å². The molecule has 0 radical (unpaired) electrons. The highest BCUT2D eigenvalue weighted by atomic mass is 16.5. The van der Waals surface area contributed by atoms with Gasteiger partial charge < -0.3 is 15.4 Å². The molecule has 2 aromatic rings. The fourth-order valence-corrected chi connectivity index (χ4v) is 2.10. The summed E-state index contributed by atoms with van der Waals surface area (Å²) in [7, 11) is 1.59. The zero-order chi connectivity index (χ0) is 16.7. The molecule has 0 aliphatic heterocycles. The Morgan fingerprint density at radius 2 is 1.70 bits per heavy atom. The second-order valence-corrected chi connectivity index (χ2v) is 5.03. The average molecular weight is 312 g/mol. The van der Waals surface area contributed by atoms with Crippen molar-refractivity contribution in [3.63, 3.8) is 0 Å². The fraction of sp³-hybridized carbons (Fsp3) is 0.222. The van der Waals surface area contributed by atoms with Crippen LogP contribution in [0.2, 0.25) is 0 Å². The summed E-state index contributed by atoms with van der Waals surface area (Å²) < 4.78 is 5.08. The maximum absolute atomic E-state index is 12.4. The first-order chi connectivity index (χ1) is 11.1. The molecule has 0 aliphatic rings. The number of carbonyl (C=O) groups excluding carboxylic acids is 2. The van der Waals surface area contributed by atoms with Gasteiger partial charge in [0.15, 0.2) is 0 Å². The van der Waals surface area contributed by atoms with E-state index in [0.717, 1.165) is 12.2 Å². The third-order valence-electron chi connectivity index (χ3n) is 3.27. The van der Waals surface area contributed by atoms with Crippen molar-refractivity contribution in [1.29, 1.82) is 0 Å². The summed E-state index contributed by atoms with van der Waals surface area (Å²) in [5.74, 6) is 0.343. The van der Waals surface area contributed by atoms with E-state index in [-0.39, 0.29) is 11.8 Å². The third kappa shape index (κ3) is 4.57. The lowest BCUT2D eigenvalue weighted by Gasteiger charge is -2.11. The van der Waals surface area contributed by atoms with Crippen LogP contribution in [0.15, 0.2) is 48.5 Å². The number of anilines is 2. The largest absolute Gasteiger partial charge is 0.497 e. The second kappa shape index (κ2) is 7.98. The molecule has 2 aromatic carbocycles. The van der Waals surface area contributed by atoms with E-state index in [1.165, 1.54) is 0 Å². The van der Waals surface area contributed by atoms with Crippen LogP contribution in [-0.4, -0.2) is 18.9 Å². The van der Waals surface area contributed by atoms with Crippen molar-refractivity contribution >= 4 is 23.2 Å². The number of nitrogens with one attached hydrogen (secondary N) is 2. The SMILES string of the molecule is CCCC(=O)Nc1ccccc1C(=O)Nc1ccc(OC)cc1. The monoisotopic (exact) mass is 312 g/mol. The van der Waals surface area contributed by atoms with Crippen LogP contribution in [0.5, 0.6) is 5.75 Å². The van der Waals surface area contributed by atoms with Crippen molar-refractivity contribution in [1.82, 2.24) is 0 Å². The van der Waals surface area contributed by atoms with Crippen molar-refractivity contribution in [3.05, 3.63) is 54.1 Å². The van der Waals surface area contributed by atoms with E-state index in [9.17, 15) is 9.59 Å². The molecule has 2 N–H and O–H groups in total. The quantitative estimate of drug-likeness (QED) is 0.855. The Bertz CT molecular complexity index is 681. The zero-order valence-electron chi connectivity index (χ0n) is 13.3. The van der Waals surface area contributed by atoms with Gasteiger partial charge in [-0.3, -0.25) is 9.59 Å². The average Bonchev–Trinajstić information content (AvgIpc) is 2.56. The molecule has 0 bridgehead atoms. The Labute approximate surface area is 135 Å². The van der Waals surface area contributed by atoms with Crippen LogP contribution in [0, 0.1) is 0 Å². The molecular weight excluding hydrogens is 292 g/mol. The molecule has 0 aliphatic carbocycles. The van der Waals surface area contributed by atoms with E-state index < -0.39 is 0 Å². The van der Waals surface area contributed by atoms with Gasteiger partial charge in [-0.15, -0.1) is 0 Å². The Balaban J connectivity index is 2.13. The van der Waals surface area contributed by atoms with Gasteiger partial charge in [-0.2, -0.15) is 0 Å². The molecule has 5 nitrogen and oxygen atoms in total. The number of methoxy groups -OCH3 is 1. The number of para-hydroxylation sites is 1. The Hall–Kier alpha value is -2.82. The molecular formula is C18H20N2O3. The standard InChI is InChI=1S/C18H20N2O3/c1-3-6-17(21)20-16-8-5-4-7-15(16)18(22)19-13-9-11-14(23-2)12-10-13/h4-5,7-12H,3,6H2,1-2H3,(H,19,22)(H,20,21). The van der Waals surface area contributed by atoms with Crippen molar-refractivity contribution in [2.75, 3.05) is 17.7 Å². The van der Waals surface area contributed by atoms with Crippen LogP contribution in [0.1, 0.15) is 30.1 Å². The van der Waals surface area contributed by atoms with Gasteiger partial charge in [0.2, 0.25) is 5.91 Å². The number of benzene rings is 2. The molecule has 0 saturated carbocycles. The first kappa shape index (κ1) is 16.5. The molecule has 120 valence electrons.